The van der Waals surface area contributed by atoms with E-state index in [1.165, 1.54) is 32.2 Å². The minimum atomic E-state index is -1.53. The summed E-state index contributed by atoms with van der Waals surface area (Å²) in [6, 6.07) is 4.54. The van der Waals surface area contributed by atoms with Gasteiger partial charge in [-0.2, -0.15) is 4.98 Å². The zero-order valence-corrected chi connectivity index (χ0v) is 24.9. The van der Waals surface area contributed by atoms with E-state index < -0.39 is 72.3 Å². The Bertz CT molecular complexity index is 1660. The van der Waals surface area contributed by atoms with Crippen molar-refractivity contribution in [2.45, 2.75) is 51.8 Å². The largest absolute Gasteiger partial charge is 0.480 e. The number of aliphatic hydroxyl groups is 2. The molecule has 18 heteroatoms. The van der Waals surface area contributed by atoms with Gasteiger partial charge in [0.1, 0.15) is 12.1 Å². The number of ether oxygens (including phenoxy) is 1. The Morgan fingerprint density at radius 2 is 1.74 bits per heavy atom. The Hall–Kier alpha value is -5.49. The molecule has 0 spiro atoms. The van der Waals surface area contributed by atoms with Crippen molar-refractivity contribution in [1.82, 2.24) is 30.6 Å². The summed E-state index contributed by atoms with van der Waals surface area (Å²) in [4.78, 5) is 86.8. The molecule has 3 rings (SSSR count). The van der Waals surface area contributed by atoms with Crippen LogP contribution in [0.1, 0.15) is 49.2 Å². The van der Waals surface area contributed by atoms with E-state index in [1.807, 2.05) is 0 Å². The molecular formula is C28H34N8O10. The zero-order chi connectivity index (χ0) is 34.0. The number of nitrogens with two attached hydrogens (primary N) is 1. The highest BCUT2D eigenvalue weighted by Gasteiger charge is 2.33. The van der Waals surface area contributed by atoms with Crippen LogP contribution in [0, 0.1) is 5.41 Å². The maximum atomic E-state index is 12.7. The minimum Gasteiger partial charge on any atom is -0.480 e. The predicted octanol–water partition coefficient (Wildman–Crippen LogP) is -1.17. The maximum absolute atomic E-state index is 12.7. The number of H-pyrrole nitrogens is 1. The molecule has 0 aliphatic carbocycles. The number of carboxylic acid groups (broad SMARTS) is 1. The molecule has 2 aromatic heterocycles. The summed E-state index contributed by atoms with van der Waals surface area (Å²) in [7, 11) is 0. The van der Waals surface area contributed by atoms with Crippen molar-refractivity contribution in [3.05, 3.63) is 52.1 Å². The quantitative estimate of drug-likeness (QED) is 0.0715. The van der Waals surface area contributed by atoms with Crippen LogP contribution in [0.25, 0.3) is 11.2 Å². The van der Waals surface area contributed by atoms with Crippen LogP contribution in [0.4, 0.5) is 11.6 Å². The second-order valence-electron chi connectivity index (χ2n) is 10.8. The molecule has 0 aliphatic rings. The van der Waals surface area contributed by atoms with E-state index in [-0.39, 0.29) is 42.2 Å². The Labute approximate surface area is 260 Å². The van der Waals surface area contributed by atoms with Gasteiger partial charge in [0.25, 0.3) is 5.91 Å². The fourth-order valence-corrected chi connectivity index (χ4v) is 3.81. The van der Waals surface area contributed by atoms with E-state index in [9.17, 15) is 44.1 Å². The van der Waals surface area contributed by atoms with E-state index in [0.29, 0.717) is 11.4 Å². The number of carboxylic acids is 1. The lowest BCUT2D eigenvalue weighted by Crippen LogP contribution is -2.46. The highest BCUT2D eigenvalue weighted by atomic mass is 16.6. The lowest BCUT2D eigenvalue weighted by molar-refractivity contribution is -0.159. The Morgan fingerprint density at radius 3 is 2.39 bits per heavy atom. The SMILES string of the molecule is CC(C)(CO)[C@@H](O)C(=O)NCCC(=O)OC(=O)CC[C@H](NC(=O)c1ccc(NCc2cnc3[nH]c(N)nc(=O)c3n2)cc1)C(=O)O. The zero-order valence-electron chi connectivity index (χ0n) is 24.9. The first-order valence-electron chi connectivity index (χ1n) is 13.9. The molecule has 0 fully saturated rings. The maximum Gasteiger partial charge on any atom is 0.326 e. The molecule has 46 heavy (non-hydrogen) atoms. The number of carbonyl (C=O) groups is 5. The lowest BCUT2D eigenvalue weighted by atomic mass is 9.87. The molecule has 1 aromatic carbocycles. The lowest BCUT2D eigenvalue weighted by Gasteiger charge is -2.27. The third kappa shape index (κ3) is 9.76. The summed E-state index contributed by atoms with van der Waals surface area (Å²) in [5, 5.41) is 36.3. The summed E-state index contributed by atoms with van der Waals surface area (Å²) >= 11 is 0. The number of hydrogen-bond acceptors (Lipinski definition) is 14. The van der Waals surface area contributed by atoms with Crippen molar-refractivity contribution in [3.8, 4) is 0 Å². The van der Waals surface area contributed by atoms with Gasteiger partial charge in [-0.1, -0.05) is 13.8 Å². The van der Waals surface area contributed by atoms with Crippen LogP contribution < -0.4 is 27.2 Å². The number of carbonyl (C=O) groups excluding carboxylic acids is 4. The molecule has 2 amide bonds. The van der Waals surface area contributed by atoms with E-state index in [1.54, 1.807) is 12.1 Å². The van der Waals surface area contributed by atoms with Gasteiger partial charge in [-0.3, -0.25) is 24.0 Å². The number of aliphatic carboxylic acids is 1. The number of nitrogen functional groups attached to an aromatic ring is 1. The fraction of sp³-hybridized carbons (Fsp3) is 0.393. The number of fused-ring (bicyclic) bond motifs is 1. The first kappa shape index (κ1) is 35.0. The van der Waals surface area contributed by atoms with Gasteiger partial charge in [0, 0.05) is 29.6 Å². The van der Waals surface area contributed by atoms with Gasteiger partial charge in [0.2, 0.25) is 11.9 Å². The van der Waals surface area contributed by atoms with E-state index >= 15 is 0 Å². The number of aromatic amines is 1. The number of esters is 2. The van der Waals surface area contributed by atoms with Crippen LogP contribution >= 0.6 is 0 Å². The first-order valence-corrected chi connectivity index (χ1v) is 13.9. The molecule has 3 aromatic rings. The summed E-state index contributed by atoms with van der Waals surface area (Å²) in [6.45, 7) is 2.42. The molecule has 0 saturated heterocycles. The standard InChI is InChI=1S/C28H34N8O10/c1-28(2,13-37)21(40)25(43)30-10-9-19(39)46-18(38)8-7-17(26(44)45)34-23(41)14-3-5-15(6-4-14)31-11-16-12-32-22-20(33-16)24(42)36-27(29)35-22/h3-6,12,17,21,31,37,40H,7-11,13H2,1-2H3,(H,30,43)(H,34,41)(H,44,45)(H3,29,32,35,36,42)/t17-,21-/m0/s1. The smallest absolute Gasteiger partial charge is 0.326 e. The van der Waals surface area contributed by atoms with E-state index in [4.69, 9.17) is 5.73 Å². The Morgan fingerprint density at radius 1 is 1.07 bits per heavy atom. The Kier molecular flexibility index (Phi) is 11.8. The second-order valence-corrected chi connectivity index (χ2v) is 10.8. The van der Waals surface area contributed by atoms with Gasteiger partial charge < -0.3 is 46.7 Å². The Balaban J connectivity index is 1.44. The van der Waals surface area contributed by atoms with Crippen LogP contribution in [0.3, 0.4) is 0 Å². The van der Waals surface area contributed by atoms with Crippen molar-refractivity contribution in [2.75, 3.05) is 24.2 Å². The van der Waals surface area contributed by atoms with Crippen molar-refractivity contribution in [1.29, 1.82) is 0 Å². The summed E-state index contributed by atoms with van der Waals surface area (Å²) < 4.78 is 4.62. The third-order valence-electron chi connectivity index (χ3n) is 6.61. The van der Waals surface area contributed by atoms with Crippen LogP contribution in [0.5, 0.6) is 0 Å². The van der Waals surface area contributed by atoms with Crippen molar-refractivity contribution >= 4 is 52.5 Å². The number of nitrogens with one attached hydrogen (secondary N) is 4. The van der Waals surface area contributed by atoms with Gasteiger partial charge in [-0.15, -0.1) is 0 Å². The van der Waals surface area contributed by atoms with Gasteiger partial charge in [-0.05, 0) is 30.7 Å². The summed E-state index contributed by atoms with van der Waals surface area (Å²) in [5.41, 5.74) is 5.13. The third-order valence-corrected chi connectivity index (χ3v) is 6.61. The highest BCUT2D eigenvalue weighted by Crippen LogP contribution is 2.19. The number of aliphatic hydroxyl groups excluding tert-OH is 2. The molecule has 9 N–H and O–H groups in total. The number of aromatic nitrogens is 4. The predicted molar refractivity (Wildman–Crippen MR) is 160 cm³/mol. The number of nitrogens with zero attached hydrogens (tertiary/aromatic N) is 3. The number of rotatable bonds is 15. The molecule has 246 valence electrons. The molecule has 2 atom stereocenters. The van der Waals surface area contributed by atoms with E-state index in [0.717, 1.165) is 0 Å². The van der Waals surface area contributed by atoms with Gasteiger partial charge >= 0.3 is 23.5 Å². The average molecular weight is 643 g/mol. The normalized spacial score (nSPS) is 12.5. The molecule has 0 saturated carbocycles. The molecule has 18 nitrogen and oxygen atoms in total. The first-order chi connectivity index (χ1) is 21.7. The monoisotopic (exact) mass is 642 g/mol. The van der Waals surface area contributed by atoms with Crippen LogP contribution in [-0.4, -0.2) is 90.3 Å². The van der Waals surface area contributed by atoms with Crippen LogP contribution in [-0.2, 0) is 30.5 Å². The molecular weight excluding hydrogens is 608 g/mol. The fourth-order valence-electron chi connectivity index (χ4n) is 3.81. The van der Waals surface area contributed by atoms with Gasteiger partial charge in [0.15, 0.2) is 11.2 Å². The molecule has 0 radical (unpaired) electrons. The number of benzene rings is 1. The molecule has 2 heterocycles. The highest BCUT2D eigenvalue weighted by molar-refractivity contribution is 5.97. The number of anilines is 2. The van der Waals surface area contributed by atoms with Crippen molar-refractivity contribution in [2.24, 2.45) is 5.41 Å². The topological polar surface area (TPSA) is 289 Å². The average Bonchev–Trinajstić information content (AvgIpc) is 3.01. The molecule has 0 aliphatic heterocycles. The van der Waals surface area contributed by atoms with Crippen molar-refractivity contribution < 1.29 is 44.0 Å². The molecule has 0 unspecified atom stereocenters. The second kappa shape index (κ2) is 15.5. The van der Waals surface area contributed by atoms with Gasteiger partial charge in [0.05, 0.1) is 31.5 Å². The number of amides is 2. The molecule has 0 bridgehead atoms. The van der Waals surface area contributed by atoms with E-state index in [2.05, 4.69) is 40.6 Å². The summed E-state index contributed by atoms with van der Waals surface area (Å²) in [5.74, 6) is -5.05. The number of hydrogen-bond donors (Lipinski definition) is 8. The van der Waals surface area contributed by atoms with Crippen LogP contribution in [0.2, 0.25) is 0 Å². The van der Waals surface area contributed by atoms with Gasteiger partial charge in [-0.25, -0.2) is 14.8 Å². The minimum absolute atomic E-state index is 0.0235. The van der Waals surface area contributed by atoms with Crippen molar-refractivity contribution in [3.63, 3.8) is 0 Å². The summed E-state index contributed by atoms with van der Waals surface area (Å²) in [6.07, 6.45) is -1.37. The van der Waals surface area contributed by atoms with Crippen LogP contribution in [0.15, 0.2) is 35.3 Å².